The normalized spacial score (nSPS) is 12.5. The first-order valence-electron chi connectivity index (χ1n) is 14.5. The van der Waals surface area contributed by atoms with Crippen molar-refractivity contribution in [1.82, 2.24) is 0 Å². The molecular formula is C37H46O4S2. The van der Waals surface area contributed by atoms with Gasteiger partial charge in [-0.15, -0.1) is 0 Å². The summed E-state index contributed by atoms with van der Waals surface area (Å²) < 4.78 is 36.1. The summed E-state index contributed by atoms with van der Waals surface area (Å²) in [6.45, 7) is 20.5. The third-order valence-corrected chi connectivity index (χ3v) is 10.3. The van der Waals surface area contributed by atoms with Gasteiger partial charge < -0.3 is 9.29 Å². The van der Waals surface area contributed by atoms with Crippen molar-refractivity contribution in [3.05, 3.63) is 114 Å². The Morgan fingerprint density at radius 1 is 0.512 bits per heavy atom. The Morgan fingerprint density at radius 2 is 0.791 bits per heavy atom. The number of benzene rings is 4. The molecule has 0 amide bonds. The van der Waals surface area contributed by atoms with E-state index in [-0.39, 0.29) is 32.0 Å². The fourth-order valence-corrected chi connectivity index (χ4v) is 6.93. The molecule has 43 heavy (non-hydrogen) atoms. The maximum absolute atomic E-state index is 10.4. The lowest BCUT2D eigenvalue weighted by molar-refractivity contribution is 0.414. The molecule has 4 rings (SSSR count). The maximum atomic E-state index is 10.4. The second-order valence-corrected chi connectivity index (χ2v) is 17.2. The average Bonchev–Trinajstić information content (AvgIpc) is 2.92. The predicted molar refractivity (Wildman–Crippen MR) is 179 cm³/mol. The Labute approximate surface area is 262 Å². The highest BCUT2D eigenvalue weighted by Gasteiger charge is 2.30. The Bertz CT molecular complexity index is 1430. The van der Waals surface area contributed by atoms with Gasteiger partial charge in [-0.1, -0.05) is 98.7 Å². The molecule has 0 spiro atoms. The summed E-state index contributed by atoms with van der Waals surface area (Å²) in [5.74, 6) is 0.516. The van der Waals surface area contributed by atoms with Gasteiger partial charge in [0.25, 0.3) is 0 Å². The minimum Gasteiger partial charge on any atom is -0.744 e. The monoisotopic (exact) mass is 618 g/mol. The summed E-state index contributed by atoms with van der Waals surface area (Å²) in [5, 5.41) is 0. The van der Waals surface area contributed by atoms with E-state index in [1.807, 2.05) is 0 Å². The van der Waals surface area contributed by atoms with Crippen LogP contribution in [0.25, 0.3) is 0 Å². The molecule has 0 bridgehead atoms. The Hall–Kier alpha value is -3.06. The molecule has 0 saturated heterocycles. The van der Waals surface area contributed by atoms with E-state index in [1.165, 1.54) is 62.8 Å². The minimum atomic E-state index is -4.33. The fourth-order valence-electron chi connectivity index (χ4n) is 4.42. The van der Waals surface area contributed by atoms with Crippen LogP contribution in [0.1, 0.15) is 79.0 Å². The van der Waals surface area contributed by atoms with Crippen molar-refractivity contribution in [3.8, 4) is 5.75 Å². The first-order chi connectivity index (χ1) is 19.8. The van der Waals surface area contributed by atoms with Gasteiger partial charge in [0.05, 0.1) is 22.9 Å². The van der Waals surface area contributed by atoms with E-state index in [0.29, 0.717) is 5.75 Å². The molecule has 0 aromatic heterocycles. The Morgan fingerprint density at radius 3 is 1.00 bits per heavy atom. The molecule has 0 unspecified atom stereocenters. The van der Waals surface area contributed by atoms with Gasteiger partial charge in [-0.2, -0.15) is 0 Å². The zero-order valence-corrected chi connectivity index (χ0v) is 28.8. The number of rotatable bonds is 5. The molecule has 4 aromatic rings. The van der Waals surface area contributed by atoms with Gasteiger partial charge in [-0.05, 0) is 93.6 Å². The summed E-state index contributed by atoms with van der Waals surface area (Å²) >= 11 is 0. The molecule has 0 saturated carbocycles. The molecule has 4 aromatic carbocycles. The van der Waals surface area contributed by atoms with Gasteiger partial charge in [0, 0.05) is 0 Å². The highest BCUT2D eigenvalue weighted by Crippen LogP contribution is 2.35. The largest absolute Gasteiger partial charge is 0.744 e. The van der Waals surface area contributed by atoms with Crippen LogP contribution in [0.15, 0.2) is 117 Å². The quantitative estimate of drug-likeness (QED) is 0.165. The van der Waals surface area contributed by atoms with Crippen molar-refractivity contribution in [1.29, 1.82) is 0 Å². The zero-order chi connectivity index (χ0) is 32.2. The lowest BCUT2D eigenvalue weighted by Crippen LogP contribution is -2.13. The van der Waals surface area contributed by atoms with Crippen molar-refractivity contribution in [2.24, 2.45) is 0 Å². The van der Waals surface area contributed by atoms with Gasteiger partial charge in [0.15, 0.2) is 14.7 Å². The maximum Gasteiger partial charge on any atom is 0.166 e. The lowest BCUT2D eigenvalue weighted by Gasteiger charge is -2.21. The highest BCUT2D eigenvalue weighted by atomic mass is 32.2. The molecule has 0 aliphatic carbocycles. The van der Waals surface area contributed by atoms with E-state index < -0.39 is 10.1 Å². The van der Waals surface area contributed by atoms with Crippen molar-refractivity contribution < 1.29 is 17.7 Å². The van der Waals surface area contributed by atoms with Gasteiger partial charge in [-0.25, -0.2) is 8.42 Å². The van der Waals surface area contributed by atoms with E-state index in [0.717, 1.165) is 0 Å². The topological polar surface area (TPSA) is 66.4 Å². The van der Waals surface area contributed by atoms with Crippen LogP contribution in [-0.2, 0) is 37.3 Å². The molecule has 0 atom stereocenters. The smallest absolute Gasteiger partial charge is 0.166 e. The highest BCUT2D eigenvalue weighted by molar-refractivity contribution is 7.97. The zero-order valence-electron chi connectivity index (χ0n) is 27.2. The summed E-state index contributed by atoms with van der Waals surface area (Å²) in [6.07, 6.45) is 0. The average molecular weight is 619 g/mol. The second-order valence-electron chi connectivity index (χ2n) is 13.8. The fraction of sp³-hybridized carbons (Fsp3) is 0.351. The van der Waals surface area contributed by atoms with Gasteiger partial charge in [0.2, 0.25) is 0 Å². The number of hydrogen-bond donors (Lipinski definition) is 0. The van der Waals surface area contributed by atoms with Crippen molar-refractivity contribution in [2.45, 2.75) is 98.1 Å². The standard InChI is InChI=1S/C30H39S.C7H8O4S/c1-28(2,3)22-10-16-25(17-11-22)31(26-18-12-23(13-19-26)29(4,5)6)27-20-14-24(15-21-27)30(7,8)9;1-11-6-2-4-7(5-3-6)12(8,9)10/h10-21H,1-9H3;2-5H,1H3,(H,8,9,10)/q+1;/p-1. The summed E-state index contributed by atoms with van der Waals surface area (Å²) in [7, 11) is -2.99. The Kier molecular flexibility index (Phi) is 10.6. The number of ether oxygens (including phenoxy) is 1. The Balaban J connectivity index is 0.000000353. The van der Waals surface area contributed by atoms with E-state index >= 15 is 0 Å². The first kappa shape index (κ1) is 34.4. The number of methoxy groups -OCH3 is 1. The third-order valence-electron chi connectivity index (χ3n) is 7.22. The van der Waals surface area contributed by atoms with Crippen LogP contribution >= 0.6 is 0 Å². The molecule has 0 N–H and O–H groups in total. The van der Waals surface area contributed by atoms with E-state index in [4.69, 9.17) is 4.74 Å². The second kappa shape index (κ2) is 13.3. The molecule has 0 fully saturated rings. The molecule has 0 heterocycles. The molecule has 6 heteroatoms. The van der Waals surface area contributed by atoms with E-state index in [9.17, 15) is 13.0 Å². The van der Waals surface area contributed by atoms with E-state index in [2.05, 4.69) is 135 Å². The third kappa shape index (κ3) is 9.46. The van der Waals surface area contributed by atoms with Crippen molar-refractivity contribution in [3.63, 3.8) is 0 Å². The SMILES string of the molecule is CC(C)(C)c1ccc([S+](c2ccc(C(C)(C)C)cc2)c2ccc(C(C)(C)C)cc2)cc1.COc1ccc(S(=O)(=O)[O-])cc1. The molecule has 0 aliphatic heterocycles. The van der Waals surface area contributed by atoms with Crippen LogP contribution in [0, 0.1) is 0 Å². The molecule has 230 valence electrons. The van der Waals surface area contributed by atoms with Crippen molar-refractivity contribution >= 4 is 21.0 Å². The van der Waals surface area contributed by atoms with E-state index in [1.54, 1.807) is 0 Å². The minimum absolute atomic E-state index is 0.120. The summed E-state index contributed by atoms with van der Waals surface area (Å²) in [5.41, 5.74) is 4.64. The van der Waals surface area contributed by atoms with Crippen LogP contribution in [0.3, 0.4) is 0 Å². The molecular weight excluding hydrogens is 573 g/mol. The van der Waals surface area contributed by atoms with Crippen LogP contribution in [0.4, 0.5) is 0 Å². The molecule has 0 radical (unpaired) electrons. The van der Waals surface area contributed by atoms with Gasteiger partial charge in [-0.3, -0.25) is 0 Å². The van der Waals surface area contributed by atoms with Gasteiger partial charge >= 0.3 is 0 Å². The van der Waals surface area contributed by atoms with Crippen LogP contribution in [0.2, 0.25) is 0 Å². The van der Waals surface area contributed by atoms with Crippen molar-refractivity contribution in [2.75, 3.05) is 7.11 Å². The molecule has 4 nitrogen and oxygen atoms in total. The lowest BCUT2D eigenvalue weighted by atomic mass is 9.87. The van der Waals surface area contributed by atoms with Crippen LogP contribution in [0.5, 0.6) is 5.75 Å². The first-order valence-corrected chi connectivity index (χ1v) is 17.1. The summed E-state index contributed by atoms with van der Waals surface area (Å²) in [4.78, 5) is 3.88. The molecule has 0 aliphatic rings. The van der Waals surface area contributed by atoms with Crippen LogP contribution in [-0.4, -0.2) is 20.1 Å². The number of hydrogen-bond acceptors (Lipinski definition) is 4. The van der Waals surface area contributed by atoms with Crippen LogP contribution < -0.4 is 4.74 Å². The van der Waals surface area contributed by atoms with Gasteiger partial charge in [0.1, 0.15) is 15.9 Å². The summed E-state index contributed by atoms with van der Waals surface area (Å²) in [6, 6.07) is 33.1. The predicted octanol–water partition coefficient (Wildman–Crippen LogP) is 9.27.